The molecule has 1 aromatic rings. The molecule has 6 N–H and O–H groups in total. The summed E-state index contributed by atoms with van der Waals surface area (Å²) in [5.41, 5.74) is 2.29. The van der Waals surface area contributed by atoms with Crippen molar-refractivity contribution < 1.29 is 13.9 Å². The van der Waals surface area contributed by atoms with Crippen molar-refractivity contribution in [3.63, 3.8) is 0 Å². The van der Waals surface area contributed by atoms with Crippen molar-refractivity contribution in [1.29, 1.82) is 10.8 Å². The average molecular weight is 458 g/mol. The van der Waals surface area contributed by atoms with Gasteiger partial charge in [-0.2, -0.15) is 0 Å². The molecule has 3 rings (SSSR count). The highest BCUT2D eigenvalue weighted by Crippen LogP contribution is 2.25. The largest absolute Gasteiger partial charge is 0.393 e. The lowest BCUT2D eigenvalue weighted by Gasteiger charge is -2.34. The van der Waals surface area contributed by atoms with Crippen LogP contribution in [0.4, 0.5) is 14.9 Å². The Morgan fingerprint density at radius 2 is 2.03 bits per heavy atom. The van der Waals surface area contributed by atoms with Gasteiger partial charge in [-0.25, -0.2) is 9.18 Å². The highest BCUT2D eigenvalue weighted by atomic mass is 19.1. The number of ether oxygens (including phenoxy) is 1. The maximum atomic E-state index is 15.2. The first kappa shape index (κ1) is 24.2. The van der Waals surface area contributed by atoms with Gasteiger partial charge in [0.1, 0.15) is 5.84 Å². The molecule has 1 fully saturated rings. The van der Waals surface area contributed by atoms with E-state index in [-0.39, 0.29) is 35.7 Å². The molecular weight excluding hydrogens is 425 g/mol. The first-order valence-electron chi connectivity index (χ1n) is 11.0. The van der Waals surface area contributed by atoms with Gasteiger partial charge in [0.2, 0.25) is 0 Å². The van der Waals surface area contributed by atoms with Crippen LogP contribution in [0.15, 0.2) is 35.7 Å². The van der Waals surface area contributed by atoms with Gasteiger partial charge in [-0.3, -0.25) is 5.41 Å². The number of hydrogen-bond acceptors (Lipinski definition) is 6. The van der Waals surface area contributed by atoms with E-state index >= 15 is 4.39 Å². The van der Waals surface area contributed by atoms with Gasteiger partial charge in [-0.1, -0.05) is 12.1 Å². The fourth-order valence-corrected chi connectivity index (χ4v) is 3.99. The number of halogens is 1. The zero-order chi connectivity index (χ0) is 23.8. The molecule has 2 amide bonds. The van der Waals surface area contributed by atoms with Gasteiger partial charge in [0.05, 0.1) is 12.2 Å². The van der Waals surface area contributed by atoms with Gasteiger partial charge in [0, 0.05) is 81.1 Å². The second-order valence-corrected chi connectivity index (χ2v) is 7.91. The number of rotatable bonds is 7. The van der Waals surface area contributed by atoms with E-state index < -0.39 is 5.82 Å². The molecule has 0 spiro atoms. The highest BCUT2D eigenvalue weighted by Gasteiger charge is 2.27. The Balaban J connectivity index is 1.88. The summed E-state index contributed by atoms with van der Waals surface area (Å²) in [7, 11) is 3.26. The molecule has 2 heterocycles. The number of benzene rings is 1. The number of amidine groups is 1. The van der Waals surface area contributed by atoms with E-state index in [1.807, 2.05) is 0 Å². The molecule has 0 saturated carbocycles. The van der Waals surface area contributed by atoms with E-state index in [1.165, 1.54) is 0 Å². The second kappa shape index (κ2) is 11.5. The summed E-state index contributed by atoms with van der Waals surface area (Å²) in [6.07, 6.45) is 4.94. The molecule has 0 atom stereocenters. The first-order valence-corrected chi connectivity index (χ1v) is 11.0. The molecule has 9 nitrogen and oxygen atoms in total. The fourth-order valence-electron chi connectivity index (χ4n) is 3.99. The van der Waals surface area contributed by atoms with Crippen molar-refractivity contribution in [2.45, 2.75) is 25.3 Å². The summed E-state index contributed by atoms with van der Waals surface area (Å²) in [6.45, 7) is 2.15. The van der Waals surface area contributed by atoms with E-state index in [0.717, 1.165) is 24.8 Å². The van der Waals surface area contributed by atoms with E-state index in [4.69, 9.17) is 15.6 Å². The number of nitrogens with zero attached hydrogens (tertiary/aromatic N) is 1. The van der Waals surface area contributed by atoms with Crippen LogP contribution in [0.3, 0.4) is 0 Å². The number of carbonyl (C=O) groups excluding carboxylic acids is 1. The van der Waals surface area contributed by atoms with Gasteiger partial charge < -0.3 is 36.3 Å². The SMILES string of the molecule is CN/C=C(\C=N)c1cccc(NC(=N)C2=C(NC3CCOCC3)CCN(C(=O)NC)C2)c1F. The third kappa shape index (κ3) is 5.89. The van der Waals surface area contributed by atoms with E-state index in [9.17, 15) is 4.79 Å². The zero-order valence-electron chi connectivity index (χ0n) is 19.1. The van der Waals surface area contributed by atoms with Crippen LogP contribution >= 0.6 is 0 Å². The van der Waals surface area contributed by atoms with Crippen LogP contribution in [0.1, 0.15) is 24.8 Å². The number of amides is 2. The lowest BCUT2D eigenvalue weighted by atomic mass is 10.0. The van der Waals surface area contributed by atoms with Crippen LogP contribution < -0.4 is 21.3 Å². The maximum Gasteiger partial charge on any atom is 0.317 e. The molecule has 0 bridgehead atoms. The summed E-state index contributed by atoms with van der Waals surface area (Å²) in [4.78, 5) is 13.9. The van der Waals surface area contributed by atoms with E-state index in [2.05, 4.69) is 21.3 Å². The monoisotopic (exact) mass is 457 g/mol. The van der Waals surface area contributed by atoms with Crippen LogP contribution in [-0.4, -0.2) is 69.4 Å². The molecule has 0 unspecified atom stereocenters. The Bertz CT molecular complexity index is 954. The number of carbonyl (C=O) groups is 1. The predicted octanol–water partition coefficient (Wildman–Crippen LogP) is 2.49. The normalized spacial score (nSPS) is 17.4. The average Bonchev–Trinajstić information content (AvgIpc) is 2.84. The van der Waals surface area contributed by atoms with Crippen molar-refractivity contribution in [1.82, 2.24) is 20.9 Å². The molecule has 2 aliphatic rings. The number of urea groups is 1. The van der Waals surface area contributed by atoms with Gasteiger partial charge in [-0.05, 0) is 18.9 Å². The maximum absolute atomic E-state index is 15.2. The van der Waals surface area contributed by atoms with Crippen LogP contribution in [0.2, 0.25) is 0 Å². The van der Waals surface area contributed by atoms with Gasteiger partial charge in [-0.15, -0.1) is 0 Å². The predicted molar refractivity (Wildman–Crippen MR) is 128 cm³/mol. The Morgan fingerprint density at radius 3 is 2.70 bits per heavy atom. The minimum absolute atomic E-state index is 0.0308. The smallest absolute Gasteiger partial charge is 0.317 e. The molecule has 10 heteroatoms. The lowest BCUT2D eigenvalue weighted by Crippen LogP contribution is -2.47. The molecule has 0 aliphatic carbocycles. The Morgan fingerprint density at radius 1 is 1.27 bits per heavy atom. The zero-order valence-corrected chi connectivity index (χ0v) is 19.1. The topological polar surface area (TPSA) is 125 Å². The molecule has 0 aromatic heterocycles. The Kier molecular flexibility index (Phi) is 8.42. The first-order chi connectivity index (χ1) is 16.0. The standard InChI is InChI=1S/C23H32FN7O2/c1-27-13-15(12-25)17-4-3-5-20(21(17)24)30-22(26)18-14-31(23(32)28-2)9-6-19(18)29-16-7-10-33-11-8-16/h3-5,12-13,16,25,27,29H,6-11,14H2,1-2H3,(H2,26,30)(H,28,32)/b15-13+,25-12?. The Hall–Kier alpha value is -3.40. The summed E-state index contributed by atoms with van der Waals surface area (Å²) in [5, 5.41) is 28.2. The summed E-state index contributed by atoms with van der Waals surface area (Å²) >= 11 is 0. The van der Waals surface area contributed by atoms with Crippen molar-refractivity contribution in [3.8, 4) is 0 Å². The summed E-state index contributed by atoms with van der Waals surface area (Å²) in [5.74, 6) is -0.519. The third-order valence-corrected chi connectivity index (χ3v) is 5.77. The van der Waals surface area contributed by atoms with Crippen molar-refractivity contribution >= 4 is 29.3 Å². The number of anilines is 1. The molecule has 1 saturated heterocycles. The summed E-state index contributed by atoms with van der Waals surface area (Å²) in [6, 6.07) is 4.84. The van der Waals surface area contributed by atoms with Crippen molar-refractivity contribution in [2.24, 2.45) is 0 Å². The second-order valence-electron chi connectivity index (χ2n) is 7.91. The van der Waals surface area contributed by atoms with E-state index in [1.54, 1.807) is 43.4 Å². The van der Waals surface area contributed by atoms with E-state index in [0.29, 0.717) is 37.3 Å². The highest BCUT2D eigenvalue weighted by molar-refractivity contribution is 6.10. The van der Waals surface area contributed by atoms with Crippen LogP contribution in [0, 0.1) is 16.6 Å². The number of allylic oxidation sites excluding steroid dienone is 1. The van der Waals surface area contributed by atoms with Crippen LogP contribution in [-0.2, 0) is 4.74 Å². The molecule has 1 aromatic carbocycles. The number of hydrogen-bond donors (Lipinski definition) is 6. The minimum Gasteiger partial charge on any atom is -0.393 e. The Labute approximate surface area is 193 Å². The summed E-state index contributed by atoms with van der Waals surface area (Å²) < 4.78 is 20.7. The molecule has 33 heavy (non-hydrogen) atoms. The quantitative estimate of drug-likeness (QED) is 0.277. The van der Waals surface area contributed by atoms with Crippen LogP contribution in [0.5, 0.6) is 0 Å². The van der Waals surface area contributed by atoms with Crippen molar-refractivity contribution in [2.75, 3.05) is 45.7 Å². The van der Waals surface area contributed by atoms with Crippen molar-refractivity contribution in [3.05, 3.63) is 47.0 Å². The lowest BCUT2D eigenvalue weighted by molar-refractivity contribution is 0.0798. The third-order valence-electron chi connectivity index (χ3n) is 5.77. The van der Waals surface area contributed by atoms with Crippen LogP contribution in [0.25, 0.3) is 5.57 Å². The molecule has 178 valence electrons. The van der Waals surface area contributed by atoms with Gasteiger partial charge in [0.15, 0.2) is 5.82 Å². The van der Waals surface area contributed by atoms with Gasteiger partial charge in [0.25, 0.3) is 0 Å². The molecular formula is C23H32FN7O2. The molecule has 2 aliphatic heterocycles. The fraction of sp³-hybridized carbons (Fsp3) is 0.435. The van der Waals surface area contributed by atoms with Gasteiger partial charge >= 0.3 is 6.03 Å². The number of nitrogens with one attached hydrogen (secondary N) is 6. The molecule has 0 radical (unpaired) electrons. The minimum atomic E-state index is -0.550.